The Kier molecular flexibility index (Phi) is 4.41. The van der Waals surface area contributed by atoms with Crippen molar-refractivity contribution in [3.05, 3.63) is 29.8 Å². The van der Waals surface area contributed by atoms with Crippen molar-refractivity contribution in [3.63, 3.8) is 0 Å². The van der Waals surface area contributed by atoms with Crippen molar-refractivity contribution in [3.8, 4) is 5.75 Å². The predicted octanol–water partition coefficient (Wildman–Crippen LogP) is 2.05. The highest BCUT2D eigenvalue weighted by Gasteiger charge is 2.31. The molecule has 0 aromatic heterocycles. The number of rotatable bonds is 4. The molecule has 1 aromatic carbocycles. The number of amides is 1. The molecule has 1 rings (SSSR count). The van der Waals surface area contributed by atoms with Crippen LogP contribution in [-0.4, -0.2) is 24.4 Å². The third-order valence-corrected chi connectivity index (χ3v) is 2.03. The molecule has 0 spiro atoms. The second-order valence-corrected chi connectivity index (χ2v) is 4.75. The molecule has 0 aliphatic rings. The van der Waals surface area contributed by atoms with Crippen molar-refractivity contribution in [2.24, 2.45) is 5.73 Å². The fourth-order valence-corrected chi connectivity index (χ4v) is 1.24. The van der Waals surface area contributed by atoms with E-state index in [9.17, 15) is 18.0 Å². The van der Waals surface area contributed by atoms with Crippen molar-refractivity contribution in [2.45, 2.75) is 25.7 Å². The van der Waals surface area contributed by atoms with Crippen molar-refractivity contribution in [1.29, 1.82) is 0 Å². The number of ether oxygens (including phenoxy) is 1. The highest BCUT2D eigenvalue weighted by atomic mass is 19.4. The molecule has 0 aliphatic heterocycles. The fraction of sp³-hybridized carbons (Fsp3) is 0.417. The highest BCUT2D eigenvalue weighted by Crippen LogP contribution is 2.23. The monoisotopic (exact) mass is 276 g/mol. The van der Waals surface area contributed by atoms with Crippen molar-refractivity contribution >= 4 is 5.91 Å². The first-order valence-corrected chi connectivity index (χ1v) is 5.50. The molecular weight excluding hydrogens is 261 g/mol. The van der Waals surface area contributed by atoms with E-state index >= 15 is 0 Å². The number of carbonyl (C=O) groups excluding carboxylic acids is 1. The summed E-state index contributed by atoms with van der Waals surface area (Å²) in [5.74, 6) is -0.946. The average Bonchev–Trinajstić information content (AvgIpc) is 2.23. The Morgan fingerprint density at radius 1 is 1.37 bits per heavy atom. The molecule has 7 heteroatoms. The standard InChI is InChI=1S/C12H15F3N2O2/c1-11(2,16)7-17-10(18)8-4-3-5-9(6-8)19-12(13,14)15/h3-6H,7,16H2,1-2H3,(H,17,18). The van der Waals surface area contributed by atoms with Gasteiger partial charge in [-0.15, -0.1) is 13.2 Å². The summed E-state index contributed by atoms with van der Waals surface area (Å²) in [5.41, 5.74) is 5.16. The third-order valence-electron chi connectivity index (χ3n) is 2.03. The van der Waals surface area contributed by atoms with Crippen LogP contribution in [0.15, 0.2) is 24.3 Å². The average molecular weight is 276 g/mol. The lowest BCUT2D eigenvalue weighted by Crippen LogP contribution is -2.45. The molecule has 0 saturated heterocycles. The largest absolute Gasteiger partial charge is 0.573 e. The Balaban J connectivity index is 2.73. The summed E-state index contributed by atoms with van der Waals surface area (Å²) in [6.07, 6.45) is -4.78. The molecule has 0 saturated carbocycles. The quantitative estimate of drug-likeness (QED) is 0.884. The lowest BCUT2D eigenvalue weighted by molar-refractivity contribution is -0.274. The molecule has 1 amide bonds. The normalized spacial score (nSPS) is 12.1. The minimum Gasteiger partial charge on any atom is -0.406 e. The first-order valence-electron chi connectivity index (χ1n) is 5.50. The summed E-state index contributed by atoms with van der Waals surface area (Å²) in [7, 11) is 0. The van der Waals surface area contributed by atoms with Gasteiger partial charge in [0.25, 0.3) is 5.91 Å². The van der Waals surface area contributed by atoms with E-state index in [2.05, 4.69) is 10.1 Å². The van der Waals surface area contributed by atoms with Gasteiger partial charge in [0, 0.05) is 17.6 Å². The number of alkyl halides is 3. The van der Waals surface area contributed by atoms with Gasteiger partial charge in [0.2, 0.25) is 0 Å². The Labute approximate surface area is 108 Å². The number of carbonyl (C=O) groups is 1. The summed E-state index contributed by atoms with van der Waals surface area (Å²) < 4.78 is 39.9. The maximum absolute atomic E-state index is 12.0. The van der Waals surface area contributed by atoms with Gasteiger partial charge in [-0.3, -0.25) is 4.79 Å². The maximum atomic E-state index is 12.0. The topological polar surface area (TPSA) is 64.3 Å². The Morgan fingerprint density at radius 3 is 2.53 bits per heavy atom. The number of hydrogen-bond acceptors (Lipinski definition) is 3. The summed E-state index contributed by atoms with van der Waals surface area (Å²) in [6, 6.07) is 4.84. The summed E-state index contributed by atoms with van der Waals surface area (Å²) in [6.45, 7) is 3.64. The number of nitrogens with two attached hydrogens (primary N) is 1. The maximum Gasteiger partial charge on any atom is 0.573 e. The van der Waals surface area contributed by atoms with Gasteiger partial charge >= 0.3 is 6.36 Å². The first kappa shape index (κ1) is 15.3. The van der Waals surface area contributed by atoms with Gasteiger partial charge in [-0.05, 0) is 32.0 Å². The number of benzene rings is 1. The summed E-state index contributed by atoms with van der Waals surface area (Å²) in [4.78, 5) is 11.7. The molecule has 106 valence electrons. The Bertz CT molecular complexity index is 453. The van der Waals surface area contributed by atoms with Crippen LogP contribution in [0.3, 0.4) is 0 Å². The zero-order valence-electron chi connectivity index (χ0n) is 10.5. The SMILES string of the molecule is CC(C)(N)CNC(=O)c1cccc(OC(F)(F)F)c1. The molecule has 0 heterocycles. The van der Waals surface area contributed by atoms with Crippen molar-refractivity contribution in [2.75, 3.05) is 6.54 Å². The van der Waals surface area contributed by atoms with Crippen molar-refractivity contribution < 1.29 is 22.7 Å². The molecule has 0 bridgehead atoms. The molecule has 1 aromatic rings. The fourth-order valence-electron chi connectivity index (χ4n) is 1.24. The van der Waals surface area contributed by atoms with Crippen LogP contribution >= 0.6 is 0 Å². The lowest BCUT2D eigenvalue weighted by Gasteiger charge is -2.19. The zero-order valence-corrected chi connectivity index (χ0v) is 10.5. The van der Waals surface area contributed by atoms with E-state index in [-0.39, 0.29) is 12.1 Å². The van der Waals surface area contributed by atoms with E-state index in [1.54, 1.807) is 13.8 Å². The molecule has 0 unspecified atom stereocenters. The van der Waals surface area contributed by atoms with E-state index < -0.39 is 23.6 Å². The molecule has 19 heavy (non-hydrogen) atoms. The van der Waals surface area contributed by atoms with Gasteiger partial charge in [0.05, 0.1) is 0 Å². The van der Waals surface area contributed by atoms with E-state index in [1.807, 2.05) is 0 Å². The molecule has 0 aliphatic carbocycles. The molecular formula is C12H15F3N2O2. The van der Waals surface area contributed by atoms with E-state index in [1.165, 1.54) is 12.1 Å². The molecule has 3 N–H and O–H groups in total. The van der Waals surface area contributed by atoms with Crippen LogP contribution in [0.1, 0.15) is 24.2 Å². The number of hydrogen-bond donors (Lipinski definition) is 2. The lowest BCUT2D eigenvalue weighted by atomic mass is 10.1. The predicted molar refractivity (Wildman–Crippen MR) is 63.7 cm³/mol. The minimum atomic E-state index is -4.78. The van der Waals surface area contributed by atoms with Crippen LogP contribution in [0, 0.1) is 0 Å². The van der Waals surface area contributed by atoms with Gasteiger partial charge in [-0.25, -0.2) is 0 Å². The third kappa shape index (κ3) is 6.10. The van der Waals surface area contributed by atoms with Crippen LogP contribution in [0.5, 0.6) is 5.75 Å². The minimum absolute atomic E-state index is 0.0750. The second-order valence-electron chi connectivity index (χ2n) is 4.75. The van der Waals surface area contributed by atoms with Crippen molar-refractivity contribution in [1.82, 2.24) is 5.32 Å². The van der Waals surface area contributed by atoms with Gasteiger partial charge in [-0.2, -0.15) is 0 Å². The van der Waals surface area contributed by atoms with Gasteiger partial charge < -0.3 is 15.8 Å². The van der Waals surface area contributed by atoms with Crippen LogP contribution in [0.2, 0.25) is 0 Å². The molecule has 0 radical (unpaired) electrons. The van der Waals surface area contributed by atoms with Crippen LogP contribution < -0.4 is 15.8 Å². The van der Waals surface area contributed by atoms with Gasteiger partial charge in [-0.1, -0.05) is 6.07 Å². The molecule has 0 fully saturated rings. The van der Waals surface area contributed by atoms with Gasteiger partial charge in [0.15, 0.2) is 0 Å². The Hall–Kier alpha value is -1.76. The van der Waals surface area contributed by atoms with E-state index in [0.29, 0.717) is 0 Å². The number of nitrogens with one attached hydrogen (secondary N) is 1. The summed E-state index contributed by atoms with van der Waals surface area (Å²) in [5, 5.41) is 2.53. The highest BCUT2D eigenvalue weighted by molar-refractivity contribution is 5.94. The Morgan fingerprint density at radius 2 is 2.00 bits per heavy atom. The number of halogens is 3. The van der Waals surface area contributed by atoms with Crippen LogP contribution in [0.4, 0.5) is 13.2 Å². The molecule has 4 nitrogen and oxygen atoms in total. The smallest absolute Gasteiger partial charge is 0.406 e. The van der Waals surface area contributed by atoms with Gasteiger partial charge in [0.1, 0.15) is 5.75 Å². The zero-order chi connectivity index (χ0) is 14.7. The van der Waals surface area contributed by atoms with E-state index in [0.717, 1.165) is 12.1 Å². The molecule has 0 atom stereocenters. The van der Waals surface area contributed by atoms with Crippen LogP contribution in [0.25, 0.3) is 0 Å². The second kappa shape index (κ2) is 5.48. The van der Waals surface area contributed by atoms with Crippen LogP contribution in [-0.2, 0) is 0 Å². The first-order chi connectivity index (χ1) is 8.57. The summed E-state index contributed by atoms with van der Waals surface area (Å²) >= 11 is 0. The van der Waals surface area contributed by atoms with E-state index in [4.69, 9.17) is 5.73 Å².